The van der Waals surface area contributed by atoms with Gasteiger partial charge >= 0.3 is 0 Å². The molecule has 1 aliphatic heterocycles. The van der Waals surface area contributed by atoms with Gasteiger partial charge in [-0.1, -0.05) is 19.3 Å². The zero-order valence-corrected chi connectivity index (χ0v) is 14.5. The maximum absolute atomic E-state index is 5.53. The lowest BCUT2D eigenvalue weighted by atomic mass is 9.95. The van der Waals surface area contributed by atoms with E-state index in [4.69, 9.17) is 14.8 Å². The van der Waals surface area contributed by atoms with Crippen LogP contribution in [0, 0.1) is 6.92 Å². The SMILES string of the molecule is Cc1nc(Cc2nc(C3CCOC3)nn2C2CCCCC2)cs1. The van der Waals surface area contributed by atoms with E-state index in [9.17, 15) is 0 Å². The Hall–Kier alpha value is -1.27. The van der Waals surface area contributed by atoms with Gasteiger partial charge in [-0.2, -0.15) is 5.10 Å². The van der Waals surface area contributed by atoms with Crippen molar-refractivity contribution in [3.63, 3.8) is 0 Å². The topological polar surface area (TPSA) is 52.8 Å². The molecule has 23 heavy (non-hydrogen) atoms. The van der Waals surface area contributed by atoms with Gasteiger partial charge in [-0.25, -0.2) is 14.6 Å². The van der Waals surface area contributed by atoms with Crippen LogP contribution in [0.4, 0.5) is 0 Å². The lowest BCUT2D eigenvalue weighted by molar-refractivity contribution is 0.193. The molecular weight excluding hydrogens is 308 g/mol. The van der Waals surface area contributed by atoms with Crippen molar-refractivity contribution in [1.82, 2.24) is 19.7 Å². The molecule has 6 heteroatoms. The molecule has 0 bridgehead atoms. The zero-order chi connectivity index (χ0) is 15.6. The Morgan fingerprint density at radius 1 is 1.22 bits per heavy atom. The van der Waals surface area contributed by atoms with Gasteiger partial charge in [0.05, 0.1) is 29.8 Å². The molecule has 1 aliphatic carbocycles. The van der Waals surface area contributed by atoms with Crippen LogP contribution in [0.25, 0.3) is 0 Å². The van der Waals surface area contributed by atoms with E-state index in [1.165, 1.54) is 32.1 Å². The van der Waals surface area contributed by atoms with E-state index in [1.54, 1.807) is 11.3 Å². The minimum absolute atomic E-state index is 0.371. The fraction of sp³-hybridized carbons (Fsp3) is 0.706. The molecule has 1 saturated heterocycles. The predicted octanol–water partition coefficient (Wildman–Crippen LogP) is 3.64. The summed E-state index contributed by atoms with van der Waals surface area (Å²) < 4.78 is 7.75. The maximum Gasteiger partial charge on any atom is 0.156 e. The normalized spacial score (nSPS) is 22.7. The second kappa shape index (κ2) is 6.69. The summed E-state index contributed by atoms with van der Waals surface area (Å²) in [6.45, 7) is 3.66. The van der Waals surface area contributed by atoms with E-state index in [2.05, 4.69) is 22.0 Å². The Bertz CT molecular complexity index is 653. The molecule has 2 aromatic heterocycles. The van der Waals surface area contributed by atoms with E-state index in [0.717, 1.165) is 48.4 Å². The molecule has 3 heterocycles. The highest BCUT2D eigenvalue weighted by Crippen LogP contribution is 2.31. The molecule has 124 valence electrons. The van der Waals surface area contributed by atoms with Crippen LogP contribution in [0.1, 0.15) is 72.8 Å². The molecule has 5 nitrogen and oxygen atoms in total. The molecule has 2 aromatic rings. The first-order valence-corrected chi connectivity index (χ1v) is 9.61. The van der Waals surface area contributed by atoms with Crippen LogP contribution in [0.15, 0.2) is 5.38 Å². The third-order valence-electron chi connectivity index (χ3n) is 4.94. The number of thiazole rings is 1. The summed E-state index contributed by atoms with van der Waals surface area (Å²) in [5, 5.41) is 8.19. The number of hydrogen-bond acceptors (Lipinski definition) is 5. The predicted molar refractivity (Wildman–Crippen MR) is 90.0 cm³/mol. The van der Waals surface area contributed by atoms with Gasteiger partial charge in [0.25, 0.3) is 0 Å². The lowest BCUT2D eigenvalue weighted by Gasteiger charge is -2.23. The Labute approximate surface area is 141 Å². The molecule has 0 aromatic carbocycles. The van der Waals surface area contributed by atoms with Gasteiger partial charge in [0.1, 0.15) is 5.82 Å². The summed E-state index contributed by atoms with van der Waals surface area (Å²) in [6.07, 6.45) is 8.27. The van der Waals surface area contributed by atoms with Crippen LogP contribution in [0.2, 0.25) is 0 Å². The minimum atomic E-state index is 0.371. The molecule has 0 spiro atoms. The summed E-state index contributed by atoms with van der Waals surface area (Å²) in [4.78, 5) is 9.52. The zero-order valence-electron chi connectivity index (χ0n) is 13.7. The van der Waals surface area contributed by atoms with Gasteiger partial charge in [0.15, 0.2) is 5.82 Å². The largest absolute Gasteiger partial charge is 0.381 e. The van der Waals surface area contributed by atoms with Gasteiger partial charge in [0.2, 0.25) is 0 Å². The highest BCUT2D eigenvalue weighted by Gasteiger charge is 2.27. The van der Waals surface area contributed by atoms with Crippen LogP contribution in [-0.2, 0) is 11.2 Å². The molecule has 1 atom stereocenters. The van der Waals surface area contributed by atoms with Crippen LogP contribution in [0.5, 0.6) is 0 Å². The van der Waals surface area contributed by atoms with Crippen molar-refractivity contribution >= 4 is 11.3 Å². The van der Waals surface area contributed by atoms with Crippen LogP contribution < -0.4 is 0 Å². The number of aromatic nitrogens is 4. The molecule has 0 amide bonds. The van der Waals surface area contributed by atoms with Gasteiger partial charge < -0.3 is 4.74 Å². The Balaban J connectivity index is 1.63. The van der Waals surface area contributed by atoms with Gasteiger partial charge in [-0.3, -0.25) is 0 Å². The first-order chi connectivity index (χ1) is 11.3. The quantitative estimate of drug-likeness (QED) is 0.858. The molecule has 2 aliphatic rings. The second-order valence-electron chi connectivity index (χ2n) is 6.72. The van der Waals surface area contributed by atoms with Crippen LogP contribution in [-0.4, -0.2) is 33.0 Å². The maximum atomic E-state index is 5.53. The first-order valence-electron chi connectivity index (χ1n) is 8.73. The minimum Gasteiger partial charge on any atom is -0.381 e. The summed E-state index contributed by atoms with van der Waals surface area (Å²) in [5.41, 5.74) is 1.12. The number of rotatable bonds is 4. The van der Waals surface area contributed by atoms with Crippen molar-refractivity contribution in [2.24, 2.45) is 0 Å². The number of ether oxygens (including phenoxy) is 1. The lowest BCUT2D eigenvalue weighted by Crippen LogP contribution is -2.17. The van der Waals surface area contributed by atoms with Crippen molar-refractivity contribution in [3.05, 3.63) is 27.7 Å². The van der Waals surface area contributed by atoms with Crippen LogP contribution >= 0.6 is 11.3 Å². The average Bonchev–Trinajstić information content (AvgIpc) is 3.29. The van der Waals surface area contributed by atoms with Gasteiger partial charge in [-0.15, -0.1) is 11.3 Å². The number of hydrogen-bond donors (Lipinski definition) is 0. The summed E-state index contributed by atoms with van der Waals surface area (Å²) >= 11 is 1.71. The molecule has 0 N–H and O–H groups in total. The molecular formula is C17H24N4OS. The molecule has 0 radical (unpaired) electrons. The van der Waals surface area contributed by atoms with E-state index < -0.39 is 0 Å². The number of aryl methyl sites for hydroxylation is 1. The standard InChI is InChI=1S/C17H24N4OS/c1-12-18-14(11-23-12)9-16-19-17(13-7-8-22-10-13)20-21(16)15-5-3-2-4-6-15/h11,13,15H,2-10H2,1H3. The monoisotopic (exact) mass is 332 g/mol. The van der Waals surface area contributed by atoms with E-state index in [0.29, 0.717) is 12.0 Å². The highest BCUT2D eigenvalue weighted by atomic mass is 32.1. The molecule has 1 unspecified atom stereocenters. The van der Waals surface area contributed by atoms with E-state index >= 15 is 0 Å². The fourth-order valence-corrected chi connectivity index (χ4v) is 4.29. The van der Waals surface area contributed by atoms with Crippen molar-refractivity contribution < 1.29 is 4.74 Å². The fourth-order valence-electron chi connectivity index (χ4n) is 3.67. The van der Waals surface area contributed by atoms with Gasteiger partial charge in [0, 0.05) is 17.9 Å². The Morgan fingerprint density at radius 2 is 2.09 bits per heavy atom. The third kappa shape index (κ3) is 3.33. The van der Waals surface area contributed by atoms with Gasteiger partial charge in [-0.05, 0) is 26.2 Å². The van der Waals surface area contributed by atoms with Crippen molar-refractivity contribution in [3.8, 4) is 0 Å². The van der Waals surface area contributed by atoms with Crippen molar-refractivity contribution in [2.75, 3.05) is 13.2 Å². The molecule has 2 fully saturated rings. The molecule has 1 saturated carbocycles. The highest BCUT2D eigenvalue weighted by molar-refractivity contribution is 7.09. The Kier molecular flexibility index (Phi) is 4.44. The summed E-state index contributed by atoms with van der Waals surface area (Å²) in [7, 11) is 0. The number of nitrogens with zero attached hydrogens (tertiary/aromatic N) is 4. The van der Waals surface area contributed by atoms with Crippen molar-refractivity contribution in [2.45, 2.75) is 63.8 Å². The third-order valence-corrected chi connectivity index (χ3v) is 5.76. The second-order valence-corrected chi connectivity index (χ2v) is 7.78. The van der Waals surface area contributed by atoms with Crippen LogP contribution in [0.3, 0.4) is 0 Å². The Morgan fingerprint density at radius 3 is 2.78 bits per heavy atom. The summed E-state index contributed by atoms with van der Waals surface area (Å²) in [6, 6.07) is 0.516. The van der Waals surface area contributed by atoms with E-state index in [1.807, 2.05) is 0 Å². The first kappa shape index (κ1) is 15.3. The molecule has 4 rings (SSSR count). The summed E-state index contributed by atoms with van der Waals surface area (Å²) in [5.74, 6) is 2.44. The smallest absolute Gasteiger partial charge is 0.156 e. The van der Waals surface area contributed by atoms with Crippen molar-refractivity contribution in [1.29, 1.82) is 0 Å². The van der Waals surface area contributed by atoms with E-state index in [-0.39, 0.29) is 0 Å². The average molecular weight is 332 g/mol.